The van der Waals surface area contributed by atoms with E-state index in [0.717, 1.165) is 0 Å². The topological polar surface area (TPSA) is 137 Å². The van der Waals surface area contributed by atoms with Crippen LogP contribution in [0.25, 0.3) is 11.3 Å². The number of esters is 1. The fraction of sp³-hybridized carbons (Fsp3) is 0.200. The van der Waals surface area contributed by atoms with Gasteiger partial charge in [-0.25, -0.2) is 4.98 Å². The average Bonchev–Trinajstić information content (AvgIpc) is 2.51. The number of aromatic nitrogens is 2. The van der Waals surface area contributed by atoms with Crippen LogP contribution < -0.4 is 16.2 Å². The number of carbonyl (C=O) groups is 1. The van der Waals surface area contributed by atoms with Crippen LogP contribution >= 0.6 is 0 Å². The first-order valence-electron chi connectivity index (χ1n) is 6.60. The molecule has 2 aromatic rings. The first kappa shape index (κ1) is 16.0. The number of nitrogens with zero attached hydrogens (tertiary/aromatic N) is 3. The van der Waals surface area contributed by atoms with Gasteiger partial charge in [0.1, 0.15) is 29.8 Å². The zero-order valence-corrected chi connectivity index (χ0v) is 12.7. The summed E-state index contributed by atoms with van der Waals surface area (Å²) in [4.78, 5) is 18.9. The highest BCUT2D eigenvalue weighted by Crippen LogP contribution is 2.30. The Labute approximate surface area is 132 Å². The number of nitrogens with two attached hydrogens (primary N) is 2. The second-order valence-electron chi connectivity index (χ2n) is 4.61. The van der Waals surface area contributed by atoms with E-state index in [4.69, 9.17) is 20.9 Å². The molecular formula is C15H15N5O3. The normalized spacial score (nSPS) is 9.96. The number of rotatable bonds is 4. The molecule has 0 aliphatic heterocycles. The van der Waals surface area contributed by atoms with Gasteiger partial charge in [-0.3, -0.25) is 4.79 Å². The summed E-state index contributed by atoms with van der Waals surface area (Å²) in [7, 11) is 1.51. The maximum absolute atomic E-state index is 11.0. The molecule has 0 aliphatic rings. The van der Waals surface area contributed by atoms with Crippen molar-refractivity contribution in [1.29, 1.82) is 5.26 Å². The van der Waals surface area contributed by atoms with Crippen molar-refractivity contribution in [3.05, 3.63) is 29.3 Å². The molecule has 118 valence electrons. The highest BCUT2D eigenvalue weighted by atomic mass is 16.5. The molecule has 2 rings (SSSR count). The van der Waals surface area contributed by atoms with E-state index >= 15 is 0 Å². The van der Waals surface area contributed by atoms with Crippen LogP contribution in [0.1, 0.15) is 18.1 Å². The highest BCUT2D eigenvalue weighted by Gasteiger charge is 2.15. The lowest BCUT2D eigenvalue weighted by atomic mass is 10.0. The Morgan fingerprint density at radius 2 is 2.09 bits per heavy atom. The van der Waals surface area contributed by atoms with Gasteiger partial charge in [0.25, 0.3) is 0 Å². The van der Waals surface area contributed by atoms with Crippen LogP contribution in [-0.2, 0) is 16.1 Å². The summed E-state index contributed by atoms with van der Waals surface area (Å²) in [6, 6.07) is 7.05. The predicted octanol–water partition coefficient (Wildman–Crippen LogP) is 1.25. The number of hydrogen-bond donors (Lipinski definition) is 2. The molecule has 8 nitrogen and oxygen atoms in total. The molecule has 1 heterocycles. The van der Waals surface area contributed by atoms with Crippen LogP contribution in [0.3, 0.4) is 0 Å². The minimum atomic E-state index is -0.411. The van der Waals surface area contributed by atoms with Gasteiger partial charge in [0.05, 0.1) is 12.8 Å². The van der Waals surface area contributed by atoms with Gasteiger partial charge in [-0.2, -0.15) is 10.2 Å². The standard InChI is InChI=1S/C15H15N5O3/c1-8(21)23-7-10-5-9(3-4-12(10)22-2)13-11(6-16)14(17)20-15(18)19-13/h3-5H,7H2,1-2H3,(H4,17,18,19,20). The van der Waals surface area contributed by atoms with E-state index in [9.17, 15) is 10.1 Å². The summed E-state index contributed by atoms with van der Waals surface area (Å²) < 4.78 is 10.2. The number of benzene rings is 1. The monoisotopic (exact) mass is 313 g/mol. The minimum absolute atomic E-state index is 0.00681. The van der Waals surface area contributed by atoms with E-state index < -0.39 is 5.97 Å². The Morgan fingerprint density at radius 3 is 2.70 bits per heavy atom. The molecule has 0 unspecified atom stereocenters. The Bertz CT molecular complexity index is 798. The molecular weight excluding hydrogens is 298 g/mol. The summed E-state index contributed by atoms with van der Waals surface area (Å²) in [5.41, 5.74) is 13.0. The zero-order chi connectivity index (χ0) is 17.0. The molecule has 0 atom stereocenters. The van der Waals surface area contributed by atoms with E-state index in [0.29, 0.717) is 22.6 Å². The lowest BCUT2D eigenvalue weighted by Crippen LogP contribution is -2.06. The van der Waals surface area contributed by atoms with Gasteiger partial charge in [0.2, 0.25) is 5.95 Å². The van der Waals surface area contributed by atoms with Gasteiger partial charge in [0.15, 0.2) is 0 Å². The van der Waals surface area contributed by atoms with Gasteiger partial charge in [-0.15, -0.1) is 0 Å². The van der Waals surface area contributed by atoms with E-state index in [1.165, 1.54) is 14.0 Å². The molecule has 0 aliphatic carbocycles. The first-order chi connectivity index (χ1) is 11.0. The lowest BCUT2D eigenvalue weighted by Gasteiger charge is -2.12. The van der Waals surface area contributed by atoms with Crippen LogP contribution in [0.2, 0.25) is 0 Å². The molecule has 8 heteroatoms. The third-order valence-corrected chi connectivity index (χ3v) is 3.05. The number of carbonyl (C=O) groups excluding carboxylic acids is 1. The van der Waals surface area contributed by atoms with Crippen molar-refractivity contribution in [2.24, 2.45) is 0 Å². The first-order valence-corrected chi connectivity index (χ1v) is 6.60. The van der Waals surface area contributed by atoms with Gasteiger partial charge < -0.3 is 20.9 Å². The minimum Gasteiger partial charge on any atom is -0.496 e. The van der Waals surface area contributed by atoms with Crippen molar-refractivity contribution in [2.75, 3.05) is 18.6 Å². The van der Waals surface area contributed by atoms with Crippen molar-refractivity contribution in [1.82, 2.24) is 9.97 Å². The molecule has 0 amide bonds. The fourth-order valence-corrected chi connectivity index (χ4v) is 2.03. The molecule has 0 saturated heterocycles. The van der Waals surface area contributed by atoms with E-state index in [1.807, 2.05) is 6.07 Å². The van der Waals surface area contributed by atoms with E-state index in [2.05, 4.69) is 9.97 Å². The number of methoxy groups -OCH3 is 1. The second-order valence-corrected chi connectivity index (χ2v) is 4.61. The smallest absolute Gasteiger partial charge is 0.302 e. The van der Waals surface area contributed by atoms with Gasteiger partial charge in [-0.1, -0.05) is 0 Å². The van der Waals surface area contributed by atoms with Crippen LogP contribution in [0.4, 0.5) is 11.8 Å². The molecule has 0 bridgehead atoms. The van der Waals surface area contributed by atoms with Crippen LogP contribution in [0, 0.1) is 11.3 Å². The maximum atomic E-state index is 11.0. The van der Waals surface area contributed by atoms with Crippen molar-refractivity contribution in [3.8, 4) is 23.1 Å². The molecule has 1 aromatic carbocycles. The summed E-state index contributed by atoms with van der Waals surface area (Å²) in [5.74, 6) is 0.107. The third kappa shape index (κ3) is 3.47. The molecule has 0 fully saturated rings. The van der Waals surface area contributed by atoms with Crippen molar-refractivity contribution < 1.29 is 14.3 Å². The van der Waals surface area contributed by atoms with Crippen LogP contribution in [0.5, 0.6) is 5.75 Å². The van der Waals surface area contributed by atoms with Crippen molar-refractivity contribution in [3.63, 3.8) is 0 Å². The maximum Gasteiger partial charge on any atom is 0.302 e. The third-order valence-electron chi connectivity index (χ3n) is 3.05. The summed E-state index contributed by atoms with van der Waals surface area (Å²) in [6.45, 7) is 1.35. The summed E-state index contributed by atoms with van der Waals surface area (Å²) >= 11 is 0. The number of nitriles is 1. The molecule has 0 spiro atoms. The van der Waals surface area contributed by atoms with Crippen LogP contribution in [0.15, 0.2) is 18.2 Å². The molecule has 1 aromatic heterocycles. The highest BCUT2D eigenvalue weighted by molar-refractivity contribution is 5.74. The summed E-state index contributed by atoms with van der Waals surface area (Å²) in [5, 5.41) is 9.25. The van der Waals surface area contributed by atoms with Crippen molar-refractivity contribution >= 4 is 17.7 Å². The zero-order valence-electron chi connectivity index (χ0n) is 12.7. The molecule has 0 radical (unpaired) electrons. The molecule has 4 N–H and O–H groups in total. The number of nitrogen functional groups attached to an aromatic ring is 2. The van der Waals surface area contributed by atoms with Crippen LogP contribution in [-0.4, -0.2) is 23.0 Å². The van der Waals surface area contributed by atoms with Gasteiger partial charge >= 0.3 is 5.97 Å². The SMILES string of the molecule is COc1ccc(-c2nc(N)nc(N)c2C#N)cc1COC(C)=O. The van der Waals surface area contributed by atoms with Gasteiger partial charge in [-0.05, 0) is 18.2 Å². The molecule has 23 heavy (non-hydrogen) atoms. The number of ether oxygens (including phenoxy) is 2. The van der Waals surface area contributed by atoms with Gasteiger partial charge in [0, 0.05) is 18.1 Å². The predicted molar refractivity (Wildman–Crippen MR) is 83.0 cm³/mol. The molecule has 0 saturated carbocycles. The Hall–Kier alpha value is -3.34. The lowest BCUT2D eigenvalue weighted by molar-refractivity contribution is -0.142. The Balaban J connectivity index is 2.55. The Morgan fingerprint density at radius 1 is 1.35 bits per heavy atom. The fourth-order valence-electron chi connectivity index (χ4n) is 2.03. The van der Waals surface area contributed by atoms with E-state index in [1.54, 1.807) is 18.2 Å². The average molecular weight is 313 g/mol. The van der Waals surface area contributed by atoms with E-state index in [-0.39, 0.29) is 23.9 Å². The summed E-state index contributed by atoms with van der Waals surface area (Å²) in [6.07, 6.45) is 0. The Kier molecular flexibility index (Phi) is 4.61. The quantitative estimate of drug-likeness (QED) is 0.804. The number of hydrogen-bond acceptors (Lipinski definition) is 8. The van der Waals surface area contributed by atoms with Crippen molar-refractivity contribution in [2.45, 2.75) is 13.5 Å². The number of anilines is 2. The second kappa shape index (κ2) is 6.62. The largest absolute Gasteiger partial charge is 0.496 e.